The summed E-state index contributed by atoms with van der Waals surface area (Å²) in [6, 6.07) is 11.4. The second-order valence-electron chi connectivity index (χ2n) is 7.82. The van der Waals surface area contributed by atoms with Crippen LogP contribution in [0.2, 0.25) is 0 Å². The summed E-state index contributed by atoms with van der Waals surface area (Å²) >= 11 is 0. The highest BCUT2D eigenvalue weighted by Gasteiger charge is 2.22. The van der Waals surface area contributed by atoms with Gasteiger partial charge in [-0.3, -0.25) is 9.59 Å². The molecule has 6 nitrogen and oxygen atoms in total. The zero-order valence-corrected chi connectivity index (χ0v) is 17.4. The van der Waals surface area contributed by atoms with E-state index in [0.29, 0.717) is 30.8 Å². The van der Waals surface area contributed by atoms with Crippen LogP contribution in [0.1, 0.15) is 55.1 Å². The molecule has 0 spiro atoms. The number of hydrogen-bond donors (Lipinski definition) is 1. The molecule has 0 fully saturated rings. The number of amides is 1. The number of anilines is 1. The molecular formula is C23H27N3O3. The third-order valence-electron chi connectivity index (χ3n) is 5.03. The second kappa shape index (κ2) is 8.47. The Morgan fingerprint density at radius 3 is 2.52 bits per heavy atom. The summed E-state index contributed by atoms with van der Waals surface area (Å²) in [5.41, 5.74) is 3.34. The van der Waals surface area contributed by atoms with Crippen molar-refractivity contribution in [1.82, 2.24) is 9.38 Å². The van der Waals surface area contributed by atoms with Crippen LogP contribution in [0.3, 0.4) is 0 Å². The standard InChI is InChI=1S/C23H27N3O3/c1-5-29-21(27)12-13-23(3,4)18-9-7-17(8-10-18)22(28)25-19-15-26-14-16(2)6-11-20(26)24-19/h6-11,14-15H,5,12-13H2,1-4H3,(H,25,28). The Hall–Kier alpha value is -3.15. The van der Waals surface area contributed by atoms with Gasteiger partial charge in [0.15, 0.2) is 5.82 Å². The molecule has 1 aromatic carbocycles. The number of carbonyl (C=O) groups is 2. The van der Waals surface area contributed by atoms with E-state index in [2.05, 4.69) is 24.1 Å². The van der Waals surface area contributed by atoms with Crippen LogP contribution in [0.4, 0.5) is 5.82 Å². The summed E-state index contributed by atoms with van der Waals surface area (Å²) < 4.78 is 6.90. The quantitative estimate of drug-likeness (QED) is 0.599. The molecule has 0 saturated heterocycles. The van der Waals surface area contributed by atoms with Gasteiger partial charge in [0.2, 0.25) is 0 Å². The maximum Gasteiger partial charge on any atom is 0.305 e. The van der Waals surface area contributed by atoms with Gasteiger partial charge in [-0.15, -0.1) is 0 Å². The molecule has 3 aromatic rings. The normalized spacial score (nSPS) is 11.4. The Morgan fingerprint density at radius 2 is 1.83 bits per heavy atom. The predicted octanol–water partition coefficient (Wildman–Crippen LogP) is 4.52. The van der Waals surface area contributed by atoms with Gasteiger partial charge in [0.1, 0.15) is 5.65 Å². The molecule has 0 atom stereocenters. The summed E-state index contributed by atoms with van der Waals surface area (Å²) in [6.45, 7) is 8.38. The summed E-state index contributed by atoms with van der Waals surface area (Å²) in [4.78, 5) is 28.6. The number of benzene rings is 1. The van der Waals surface area contributed by atoms with Gasteiger partial charge in [-0.2, -0.15) is 0 Å². The molecule has 152 valence electrons. The molecule has 1 amide bonds. The van der Waals surface area contributed by atoms with Crippen LogP contribution >= 0.6 is 0 Å². The van der Waals surface area contributed by atoms with E-state index < -0.39 is 0 Å². The van der Waals surface area contributed by atoms with E-state index in [4.69, 9.17) is 4.74 Å². The molecule has 0 aliphatic carbocycles. The Labute approximate surface area is 170 Å². The largest absolute Gasteiger partial charge is 0.466 e. The van der Waals surface area contributed by atoms with Crippen molar-refractivity contribution in [2.75, 3.05) is 11.9 Å². The van der Waals surface area contributed by atoms with Gasteiger partial charge in [0, 0.05) is 18.2 Å². The smallest absolute Gasteiger partial charge is 0.305 e. The number of aryl methyl sites for hydroxylation is 1. The third-order valence-corrected chi connectivity index (χ3v) is 5.03. The number of nitrogens with zero attached hydrogens (tertiary/aromatic N) is 2. The minimum Gasteiger partial charge on any atom is -0.466 e. The van der Waals surface area contributed by atoms with Crippen LogP contribution < -0.4 is 5.32 Å². The van der Waals surface area contributed by atoms with Crippen molar-refractivity contribution in [3.63, 3.8) is 0 Å². The van der Waals surface area contributed by atoms with Gasteiger partial charge in [0.25, 0.3) is 5.91 Å². The maximum absolute atomic E-state index is 12.6. The van der Waals surface area contributed by atoms with Gasteiger partial charge < -0.3 is 14.5 Å². The fourth-order valence-electron chi connectivity index (χ4n) is 3.22. The zero-order valence-electron chi connectivity index (χ0n) is 17.4. The molecule has 3 rings (SSSR count). The van der Waals surface area contributed by atoms with Crippen molar-refractivity contribution in [1.29, 1.82) is 0 Å². The van der Waals surface area contributed by atoms with Crippen LogP contribution in [0, 0.1) is 6.92 Å². The van der Waals surface area contributed by atoms with E-state index in [0.717, 1.165) is 16.8 Å². The number of imidazole rings is 1. The van der Waals surface area contributed by atoms with Crippen LogP contribution in [-0.4, -0.2) is 27.9 Å². The topological polar surface area (TPSA) is 72.7 Å². The molecule has 0 radical (unpaired) electrons. The Kier molecular flexibility index (Phi) is 6.01. The Balaban J connectivity index is 1.66. The first-order valence-corrected chi connectivity index (χ1v) is 9.81. The van der Waals surface area contributed by atoms with Crippen molar-refractivity contribution in [2.45, 2.75) is 46.0 Å². The molecule has 0 aliphatic rings. The molecule has 2 heterocycles. The maximum atomic E-state index is 12.6. The van der Waals surface area contributed by atoms with E-state index in [1.807, 2.05) is 41.8 Å². The fraction of sp³-hybridized carbons (Fsp3) is 0.348. The lowest BCUT2D eigenvalue weighted by molar-refractivity contribution is -0.143. The van der Waals surface area contributed by atoms with Crippen LogP contribution in [-0.2, 0) is 14.9 Å². The van der Waals surface area contributed by atoms with Crippen LogP contribution in [0.25, 0.3) is 5.65 Å². The number of fused-ring (bicyclic) bond motifs is 1. The van der Waals surface area contributed by atoms with E-state index in [9.17, 15) is 9.59 Å². The average molecular weight is 393 g/mol. The lowest BCUT2D eigenvalue weighted by atomic mass is 9.80. The van der Waals surface area contributed by atoms with Gasteiger partial charge in [0.05, 0.1) is 12.8 Å². The first kappa shape index (κ1) is 20.6. The number of carbonyl (C=O) groups excluding carboxylic acids is 2. The minimum absolute atomic E-state index is 0.181. The second-order valence-corrected chi connectivity index (χ2v) is 7.82. The molecule has 0 aliphatic heterocycles. The number of hydrogen-bond acceptors (Lipinski definition) is 4. The lowest BCUT2D eigenvalue weighted by Crippen LogP contribution is -2.20. The Morgan fingerprint density at radius 1 is 1.10 bits per heavy atom. The number of nitrogens with one attached hydrogen (secondary N) is 1. The SMILES string of the molecule is CCOC(=O)CCC(C)(C)c1ccc(C(=O)Nc2cn3cc(C)ccc3n2)cc1. The first-order chi connectivity index (χ1) is 13.8. The van der Waals surface area contributed by atoms with E-state index in [1.54, 1.807) is 25.3 Å². The third kappa shape index (κ3) is 5.02. The van der Waals surface area contributed by atoms with Gasteiger partial charge in [-0.25, -0.2) is 4.98 Å². The summed E-state index contributed by atoms with van der Waals surface area (Å²) in [6.07, 6.45) is 4.81. The molecule has 0 bridgehead atoms. The van der Waals surface area contributed by atoms with Crippen molar-refractivity contribution >= 4 is 23.3 Å². The highest BCUT2D eigenvalue weighted by atomic mass is 16.5. The van der Waals surface area contributed by atoms with Gasteiger partial charge in [-0.05, 0) is 55.0 Å². The summed E-state index contributed by atoms with van der Waals surface area (Å²) in [5.74, 6) is 0.125. The average Bonchev–Trinajstić information content (AvgIpc) is 3.08. The zero-order chi connectivity index (χ0) is 21.0. The molecular weight excluding hydrogens is 366 g/mol. The van der Waals surface area contributed by atoms with E-state index in [-0.39, 0.29) is 17.3 Å². The van der Waals surface area contributed by atoms with E-state index in [1.165, 1.54) is 0 Å². The molecule has 6 heteroatoms. The monoisotopic (exact) mass is 393 g/mol. The van der Waals surface area contributed by atoms with E-state index >= 15 is 0 Å². The first-order valence-electron chi connectivity index (χ1n) is 9.81. The number of pyridine rings is 1. The fourth-order valence-corrected chi connectivity index (χ4v) is 3.22. The number of ether oxygens (including phenoxy) is 1. The van der Waals surface area contributed by atoms with Crippen molar-refractivity contribution in [3.8, 4) is 0 Å². The molecule has 1 N–H and O–H groups in total. The van der Waals surface area contributed by atoms with Crippen molar-refractivity contribution in [3.05, 3.63) is 65.5 Å². The molecule has 29 heavy (non-hydrogen) atoms. The highest BCUT2D eigenvalue weighted by Crippen LogP contribution is 2.29. The van der Waals surface area contributed by atoms with Gasteiger partial charge >= 0.3 is 5.97 Å². The number of aromatic nitrogens is 2. The molecule has 0 unspecified atom stereocenters. The predicted molar refractivity (Wildman–Crippen MR) is 113 cm³/mol. The minimum atomic E-state index is -0.207. The molecule has 2 aromatic heterocycles. The summed E-state index contributed by atoms with van der Waals surface area (Å²) in [7, 11) is 0. The van der Waals surface area contributed by atoms with Crippen LogP contribution in [0.15, 0.2) is 48.8 Å². The lowest BCUT2D eigenvalue weighted by Gasteiger charge is -2.25. The highest BCUT2D eigenvalue weighted by molar-refractivity contribution is 6.03. The van der Waals surface area contributed by atoms with Gasteiger partial charge in [-0.1, -0.05) is 32.0 Å². The van der Waals surface area contributed by atoms with Crippen LogP contribution in [0.5, 0.6) is 0 Å². The Bertz CT molecular complexity index is 1020. The van der Waals surface area contributed by atoms with Crippen molar-refractivity contribution < 1.29 is 14.3 Å². The number of rotatable bonds is 7. The van der Waals surface area contributed by atoms with Crippen molar-refractivity contribution in [2.24, 2.45) is 0 Å². The molecule has 0 saturated carbocycles. The number of esters is 1. The summed E-state index contributed by atoms with van der Waals surface area (Å²) in [5, 5.41) is 2.85.